The van der Waals surface area contributed by atoms with Crippen LogP contribution in [0.5, 0.6) is 0 Å². The van der Waals surface area contributed by atoms with Gasteiger partial charge < -0.3 is 15.1 Å². The fourth-order valence-electron chi connectivity index (χ4n) is 2.92. The summed E-state index contributed by atoms with van der Waals surface area (Å²) in [4.78, 5) is 37.6. The van der Waals surface area contributed by atoms with E-state index in [4.69, 9.17) is 4.42 Å². The van der Waals surface area contributed by atoms with E-state index >= 15 is 0 Å². The lowest BCUT2D eigenvalue weighted by molar-refractivity contribution is -0.128. The first-order valence-electron chi connectivity index (χ1n) is 8.45. The van der Waals surface area contributed by atoms with E-state index in [1.165, 1.54) is 6.26 Å². The molecule has 1 atom stereocenters. The third-order valence-corrected chi connectivity index (χ3v) is 4.32. The highest BCUT2D eigenvalue weighted by Gasteiger charge is 2.38. The Hall–Kier alpha value is -3.09. The molecule has 0 bridgehead atoms. The summed E-state index contributed by atoms with van der Waals surface area (Å²) in [5.74, 6) is -0.00376. The van der Waals surface area contributed by atoms with Crippen LogP contribution in [0.1, 0.15) is 29.7 Å². The highest BCUT2D eigenvalue weighted by Crippen LogP contribution is 2.18. The van der Waals surface area contributed by atoms with E-state index in [1.54, 1.807) is 12.1 Å². The number of anilines is 1. The zero-order valence-corrected chi connectivity index (χ0v) is 14.7. The van der Waals surface area contributed by atoms with Crippen molar-refractivity contribution in [2.75, 3.05) is 5.32 Å². The summed E-state index contributed by atoms with van der Waals surface area (Å²) in [7, 11) is 0. The number of benzene rings is 1. The third kappa shape index (κ3) is 3.93. The van der Waals surface area contributed by atoms with E-state index < -0.39 is 12.1 Å². The van der Waals surface area contributed by atoms with E-state index in [9.17, 15) is 14.4 Å². The van der Waals surface area contributed by atoms with Gasteiger partial charge in [0.15, 0.2) is 0 Å². The van der Waals surface area contributed by atoms with Crippen LogP contribution in [-0.4, -0.2) is 28.8 Å². The minimum atomic E-state index is -0.692. The number of aryl methyl sites for hydroxylation is 2. The van der Waals surface area contributed by atoms with Crippen LogP contribution in [0.3, 0.4) is 0 Å². The fourth-order valence-corrected chi connectivity index (χ4v) is 2.92. The van der Waals surface area contributed by atoms with Gasteiger partial charge in [-0.15, -0.1) is 0 Å². The number of urea groups is 1. The predicted octanol–water partition coefficient (Wildman–Crippen LogP) is 2.74. The summed E-state index contributed by atoms with van der Waals surface area (Å²) >= 11 is 0. The minimum absolute atomic E-state index is 0.0862. The molecule has 0 saturated carbocycles. The summed E-state index contributed by atoms with van der Waals surface area (Å²) in [6.45, 7) is 4.00. The van der Waals surface area contributed by atoms with Crippen LogP contribution in [0.4, 0.5) is 10.5 Å². The molecule has 2 N–H and O–H groups in total. The zero-order valence-electron chi connectivity index (χ0n) is 14.7. The lowest BCUT2D eigenvalue weighted by Crippen LogP contribution is -2.31. The molecule has 3 rings (SSSR count). The van der Waals surface area contributed by atoms with Crippen molar-refractivity contribution >= 4 is 23.5 Å². The number of carbonyl (C=O) groups excluding carboxylic acids is 3. The minimum Gasteiger partial charge on any atom is -0.467 e. The molecule has 0 radical (unpaired) electrons. The molecule has 1 fully saturated rings. The van der Waals surface area contributed by atoms with Crippen molar-refractivity contribution in [1.82, 2.24) is 10.2 Å². The molecule has 1 aromatic carbocycles. The van der Waals surface area contributed by atoms with Crippen molar-refractivity contribution in [2.24, 2.45) is 0 Å². The average molecular weight is 355 g/mol. The fraction of sp³-hybridized carbons (Fsp3) is 0.316. The molecule has 136 valence electrons. The maximum atomic E-state index is 12.4. The molecule has 4 amide bonds. The number of carbonyl (C=O) groups is 3. The van der Waals surface area contributed by atoms with Gasteiger partial charge in [-0.2, -0.15) is 0 Å². The molecule has 0 spiro atoms. The lowest BCUT2D eigenvalue weighted by atomic mass is 10.1. The Morgan fingerprint density at radius 2 is 2.08 bits per heavy atom. The molecular weight excluding hydrogens is 334 g/mol. The Labute approximate surface area is 151 Å². The van der Waals surface area contributed by atoms with Gasteiger partial charge in [-0.05, 0) is 44.0 Å². The van der Waals surface area contributed by atoms with Crippen LogP contribution >= 0.6 is 0 Å². The SMILES string of the molecule is Cc1ccc(NC(=O)CCC2NC(=O)N(Cc3ccco3)C2=O)c(C)c1. The molecule has 26 heavy (non-hydrogen) atoms. The molecule has 1 aliphatic rings. The smallest absolute Gasteiger partial charge is 0.325 e. The summed E-state index contributed by atoms with van der Waals surface area (Å²) < 4.78 is 5.17. The number of rotatable bonds is 6. The van der Waals surface area contributed by atoms with E-state index in [2.05, 4.69) is 10.6 Å². The Balaban J connectivity index is 1.53. The first-order valence-corrected chi connectivity index (χ1v) is 8.45. The van der Waals surface area contributed by atoms with Gasteiger partial charge in [-0.1, -0.05) is 17.7 Å². The van der Waals surface area contributed by atoms with Gasteiger partial charge in [0, 0.05) is 12.1 Å². The van der Waals surface area contributed by atoms with Gasteiger partial charge in [0.05, 0.1) is 12.8 Å². The van der Waals surface area contributed by atoms with E-state index in [-0.39, 0.29) is 31.2 Å². The summed E-state index contributed by atoms with van der Waals surface area (Å²) in [5, 5.41) is 5.46. The second-order valence-electron chi connectivity index (χ2n) is 6.41. The number of amides is 4. The highest BCUT2D eigenvalue weighted by molar-refractivity contribution is 6.04. The monoisotopic (exact) mass is 355 g/mol. The van der Waals surface area contributed by atoms with Crippen molar-refractivity contribution in [2.45, 2.75) is 39.3 Å². The molecule has 1 aliphatic heterocycles. The van der Waals surface area contributed by atoms with E-state index in [0.29, 0.717) is 5.76 Å². The van der Waals surface area contributed by atoms with Crippen LogP contribution in [0, 0.1) is 13.8 Å². The third-order valence-electron chi connectivity index (χ3n) is 4.32. The van der Waals surface area contributed by atoms with Crippen molar-refractivity contribution in [3.63, 3.8) is 0 Å². The molecule has 1 saturated heterocycles. The molecule has 1 unspecified atom stereocenters. The average Bonchev–Trinajstić information content (AvgIpc) is 3.19. The van der Waals surface area contributed by atoms with Crippen molar-refractivity contribution < 1.29 is 18.8 Å². The van der Waals surface area contributed by atoms with Crippen LogP contribution in [-0.2, 0) is 16.1 Å². The maximum absolute atomic E-state index is 12.4. The first kappa shape index (κ1) is 17.7. The largest absolute Gasteiger partial charge is 0.467 e. The summed E-state index contributed by atoms with van der Waals surface area (Å²) in [6, 6.07) is 8.01. The molecule has 7 nitrogen and oxygen atoms in total. The van der Waals surface area contributed by atoms with Crippen molar-refractivity contribution in [1.29, 1.82) is 0 Å². The molecule has 1 aromatic heterocycles. The number of hydrogen-bond donors (Lipinski definition) is 2. The Kier molecular flexibility index (Phi) is 5.06. The van der Waals surface area contributed by atoms with Gasteiger partial charge in [-0.25, -0.2) is 4.79 Å². The predicted molar refractivity (Wildman–Crippen MR) is 95.4 cm³/mol. The van der Waals surface area contributed by atoms with Crippen LogP contribution in [0.2, 0.25) is 0 Å². The summed E-state index contributed by atoms with van der Waals surface area (Å²) in [6.07, 6.45) is 1.87. The Bertz CT molecular complexity index is 829. The normalized spacial score (nSPS) is 16.7. The molecule has 2 aromatic rings. The number of hydrogen-bond acceptors (Lipinski definition) is 4. The first-order chi connectivity index (χ1) is 12.4. The molecule has 0 aliphatic carbocycles. The quantitative estimate of drug-likeness (QED) is 0.780. The van der Waals surface area contributed by atoms with Gasteiger partial charge in [-0.3, -0.25) is 14.5 Å². The highest BCUT2D eigenvalue weighted by atomic mass is 16.3. The topological polar surface area (TPSA) is 91.7 Å². The van der Waals surface area contributed by atoms with Gasteiger partial charge in [0.1, 0.15) is 11.8 Å². The molecule has 7 heteroatoms. The van der Waals surface area contributed by atoms with Gasteiger partial charge in [0.25, 0.3) is 5.91 Å². The lowest BCUT2D eigenvalue weighted by Gasteiger charge is -2.12. The van der Waals surface area contributed by atoms with Crippen LogP contribution in [0.15, 0.2) is 41.0 Å². The van der Waals surface area contributed by atoms with Crippen molar-refractivity contribution in [3.05, 3.63) is 53.5 Å². The molecule has 2 heterocycles. The second kappa shape index (κ2) is 7.43. The number of furan rings is 1. The Morgan fingerprint density at radius 3 is 2.77 bits per heavy atom. The molecular formula is C19H21N3O4. The Morgan fingerprint density at radius 1 is 1.27 bits per heavy atom. The summed E-state index contributed by atoms with van der Waals surface area (Å²) in [5.41, 5.74) is 2.85. The van der Waals surface area contributed by atoms with E-state index in [0.717, 1.165) is 21.7 Å². The zero-order chi connectivity index (χ0) is 18.7. The van der Waals surface area contributed by atoms with Crippen molar-refractivity contribution in [3.8, 4) is 0 Å². The van der Waals surface area contributed by atoms with Crippen LogP contribution in [0.25, 0.3) is 0 Å². The van der Waals surface area contributed by atoms with Gasteiger partial charge >= 0.3 is 6.03 Å². The number of imide groups is 1. The number of nitrogens with zero attached hydrogens (tertiary/aromatic N) is 1. The second-order valence-corrected chi connectivity index (χ2v) is 6.41. The number of nitrogens with one attached hydrogen (secondary N) is 2. The van der Waals surface area contributed by atoms with E-state index in [1.807, 2.05) is 32.0 Å². The van der Waals surface area contributed by atoms with Crippen LogP contribution < -0.4 is 10.6 Å². The van der Waals surface area contributed by atoms with Gasteiger partial charge in [0.2, 0.25) is 5.91 Å². The standard InChI is InChI=1S/C19H21N3O4/c1-12-5-6-15(13(2)10-12)20-17(23)8-7-16-18(24)22(19(25)21-16)11-14-4-3-9-26-14/h3-6,9-10,16H,7-8,11H2,1-2H3,(H,20,23)(H,21,25). The maximum Gasteiger partial charge on any atom is 0.325 e.